The van der Waals surface area contributed by atoms with Gasteiger partial charge in [-0.2, -0.15) is 0 Å². The number of thiazole rings is 1. The molecule has 1 aliphatic carbocycles. The number of nitrogens with zero attached hydrogens (tertiary/aromatic N) is 2. The highest BCUT2D eigenvalue weighted by Crippen LogP contribution is 2.34. The topological polar surface area (TPSA) is 54.9 Å². The van der Waals surface area contributed by atoms with Crippen LogP contribution in [-0.2, 0) is 12.8 Å². The van der Waals surface area contributed by atoms with Gasteiger partial charge < -0.3 is 0 Å². The van der Waals surface area contributed by atoms with Crippen molar-refractivity contribution < 1.29 is 4.79 Å². The Labute approximate surface area is 155 Å². The van der Waals surface area contributed by atoms with Gasteiger partial charge in [0, 0.05) is 11.1 Å². The number of aryl methyl sites for hydroxylation is 2. The minimum absolute atomic E-state index is 0.0617. The molecule has 1 N–H and O–H groups in total. The predicted molar refractivity (Wildman–Crippen MR) is 104 cm³/mol. The number of amides is 1. The first-order chi connectivity index (χ1) is 12.1. The zero-order valence-electron chi connectivity index (χ0n) is 14.2. The summed E-state index contributed by atoms with van der Waals surface area (Å²) >= 11 is 3.09. The molecule has 0 fully saturated rings. The van der Waals surface area contributed by atoms with Crippen LogP contribution < -0.4 is 5.32 Å². The van der Waals surface area contributed by atoms with Gasteiger partial charge in [0.25, 0.3) is 5.91 Å². The van der Waals surface area contributed by atoms with Gasteiger partial charge in [0.05, 0.1) is 21.1 Å². The van der Waals surface area contributed by atoms with Gasteiger partial charge in [0.15, 0.2) is 5.13 Å². The lowest BCUT2D eigenvalue weighted by Crippen LogP contribution is -2.10. The number of pyridine rings is 1. The Morgan fingerprint density at radius 3 is 3.00 bits per heavy atom. The smallest absolute Gasteiger partial charge is 0.267 e. The molecule has 0 saturated carbocycles. The molecule has 1 aliphatic rings. The van der Waals surface area contributed by atoms with E-state index < -0.39 is 0 Å². The molecule has 0 radical (unpaired) electrons. The van der Waals surface area contributed by atoms with Gasteiger partial charge in [-0.25, -0.2) is 4.98 Å². The van der Waals surface area contributed by atoms with Crippen LogP contribution in [0.5, 0.6) is 0 Å². The quantitative estimate of drug-likeness (QED) is 0.710. The highest BCUT2D eigenvalue weighted by Gasteiger charge is 2.21. The van der Waals surface area contributed by atoms with E-state index in [1.807, 2.05) is 25.1 Å². The second kappa shape index (κ2) is 6.69. The van der Waals surface area contributed by atoms with Crippen molar-refractivity contribution in [3.63, 3.8) is 0 Å². The van der Waals surface area contributed by atoms with E-state index in [1.54, 1.807) is 17.5 Å². The van der Waals surface area contributed by atoms with Crippen molar-refractivity contribution in [1.29, 1.82) is 0 Å². The van der Waals surface area contributed by atoms with E-state index in [1.165, 1.54) is 28.2 Å². The van der Waals surface area contributed by atoms with Crippen LogP contribution in [-0.4, -0.2) is 15.9 Å². The SMILES string of the molecule is Cc1nc(NC(=O)c2cc3c(s2)CCC(C)C3)sc1-c1ccccn1. The van der Waals surface area contributed by atoms with Gasteiger partial charge in [-0.1, -0.05) is 24.3 Å². The highest BCUT2D eigenvalue weighted by atomic mass is 32.1. The van der Waals surface area contributed by atoms with Crippen LogP contribution in [0.1, 0.15) is 39.2 Å². The van der Waals surface area contributed by atoms with Gasteiger partial charge in [0.2, 0.25) is 0 Å². The maximum absolute atomic E-state index is 12.6. The molecule has 1 amide bonds. The first-order valence-electron chi connectivity index (χ1n) is 8.42. The van der Waals surface area contributed by atoms with E-state index in [-0.39, 0.29) is 5.91 Å². The molecule has 4 rings (SSSR count). The summed E-state index contributed by atoms with van der Waals surface area (Å²) in [6.45, 7) is 4.22. The lowest BCUT2D eigenvalue weighted by molar-refractivity contribution is 0.103. The minimum Gasteiger partial charge on any atom is -0.297 e. The summed E-state index contributed by atoms with van der Waals surface area (Å²) in [5, 5.41) is 3.59. The summed E-state index contributed by atoms with van der Waals surface area (Å²) in [5.41, 5.74) is 3.12. The third kappa shape index (κ3) is 3.37. The first kappa shape index (κ1) is 16.4. The second-order valence-corrected chi connectivity index (χ2v) is 8.65. The molecule has 0 aliphatic heterocycles. The average Bonchev–Trinajstić information content (AvgIpc) is 3.18. The van der Waals surface area contributed by atoms with E-state index in [2.05, 4.69) is 28.3 Å². The Balaban J connectivity index is 1.54. The standard InChI is InChI=1S/C19H19N3OS2/c1-11-6-7-15-13(9-11)10-16(24-15)18(23)22-19-21-12(2)17(25-19)14-5-3-4-8-20-14/h3-5,8,10-11H,6-7,9H2,1-2H3,(H,21,22,23). The number of hydrogen-bond donors (Lipinski definition) is 1. The normalized spacial score (nSPS) is 16.5. The van der Waals surface area contributed by atoms with Crippen LogP contribution in [0.4, 0.5) is 5.13 Å². The zero-order valence-corrected chi connectivity index (χ0v) is 15.8. The Morgan fingerprint density at radius 1 is 1.32 bits per heavy atom. The Bertz CT molecular complexity index is 914. The summed E-state index contributed by atoms with van der Waals surface area (Å²) in [7, 11) is 0. The number of fused-ring (bicyclic) bond motifs is 1. The lowest BCUT2D eigenvalue weighted by Gasteiger charge is -2.16. The number of aromatic nitrogens is 2. The Hall–Kier alpha value is -2.05. The molecule has 1 atom stereocenters. The molecule has 1 unspecified atom stereocenters. The van der Waals surface area contributed by atoms with Crippen molar-refractivity contribution in [1.82, 2.24) is 9.97 Å². The zero-order chi connectivity index (χ0) is 17.4. The number of thiophene rings is 1. The Morgan fingerprint density at radius 2 is 2.20 bits per heavy atom. The Kier molecular flexibility index (Phi) is 4.39. The largest absolute Gasteiger partial charge is 0.297 e. The third-order valence-corrected chi connectivity index (χ3v) is 6.80. The fourth-order valence-electron chi connectivity index (χ4n) is 3.16. The van der Waals surface area contributed by atoms with Crippen LogP contribution in [0.15, 0.2) is 30.5 Å². The fraction of sp³-hybridized carbons (Fsp3) is 0.316. The summed E-state index contributed by atoms with van der Waals surface area (Å²) in [6.07, 6.45) is 5.16. The van der Waals surface area contributed by atoms with E-state index >= 15 is 0 Å². The molecule has 0 spiro atoms. The van der Waals surface area contributed by atoms with Crippen LogP contribution in [0.3, 0.4) is 0 Å². The van der Waals surface area contributed by atoms with Crippen molar-refractivity contribution in [2.75, 3.05) is 5.32 Å². The van der Waals surface area contributed by atoms with E-state index in [9.17, 15) is 4.79 Å². The van der Waals surface area contributed by atoms with Gasteiger partial charge >= 0.3 is 0 Å². The number of hydrogen-bond acceptors (Lipinski definition) is 5. The molecule has 25 heavy (non-hydrogen) atoms. The van der Waals surface area contributed by atoms with Gasteiger partial charge in [-0.15, -0.1) is 11.3 Å². The second-order valence-electron chi connectivity index (χ2n) is 6.51. The fourth-order valence-corrected chi connectivity index (χ4v) is 5.20. The molecule has 0 bridgehead atoms. The van der Waals surface area contributed by atoms with Crippen molar-refractivity contribution in [2.24, 2.45) is 5.92 Å². The minimum atomic E-state index is -0.0617. The first-order valence-corrected chi connectivity index (χ1v) is 10.0. The lowest BCUT2D eigenvalue weighted by atomic mass is 9.90. The van der Waals surface area contributed by atoms with Crippen molar-refractivity contribution in [3.8, 4) is 10.6 Å². The molecule has 6 heteroatoms. The highest BCUT2D eigenvalue weighted by molar-refractivity contribution is 7.19. The molecule has 128 valence electrons. The summed E-state index contributed by atoms with van der Waals surface area (Å²) < 4.78 is 0. The van der Waals surface area contributed by atoms with Gasteiger partial charge in [-0.3, -0.25) is 15.1 Å². The van der Waals surface area contributed by atoms with Crippen LogP contribution in [0.25, 0.3) is 10.6 Å². The number of anilines is 1. The monoisotopic (exact) mass is 369 g/mol. The molecule has 3 heterocycles. The molecule has 3 aromatic rings. The van der Waals surface area contributed by atoms with Gasteiger partial charge in [-0.05, 0) is 55.9 Å². The van der Waals surface area contributed by atoms with Crippen molar-refractivity contribution in [2.45, 2.75) is 33.1 Å². The summed E-state index contributed by atoms with van der Waals surface area (Å²) in [5.74, 6) is 0.647. The van der Waals surface area contributed by atoms with E-state index in [0.29, 0.717) is 11.0 Å². The number of rotatable bonds is 3. The van der Waals surface area contributed by atoms with Crippen LogP contribution in [0.2, 0.25) is 0 Å². The molecule has 3 aromatic heterocycles. The number of carbonyl (C=O) groups excluding carboxylic acids is 1. The van der Waals surface area contributed by atoms with Gasteiger partial charge in [0.1, 0.15) is 0 Å². The third-order valence-electron chi connectivity index (χ3n) is 4.47. The summed E-state index contributed by atoms with van der Waals surface area (Å²) in [6, 6.07) is 7.87. The molecule has 0 saturated heterocycles. The van der Waals surface area contributed by atoms with Crippen molar-refractivity contribution >= 4 is 33.7 Å². The molecule has 4 nitrogen and oxygen atoms in total. The number of carbonyl (C=O) groups is 1. The maximum Gasteiger partial charge on any atom is 0.267 e. The van der Waals surface area contributed by atoms with Crippen molar-refractivity contribution in [3.05, 3.63) is 51.5 Å². The average molecular weight is 370 g/mol. The predicted octanol–water partition coefficient (Wildman–Crippen LogP) is 4.95. The molecular formula is C19H19N3OS2. The summed E-state index contributed by atoms with van der Waals surface area (Å²) in [4.78, 5) is 24.6. The molecular weight excluding hydrogens is 350 g/mol. The van der Waals surface area contributed by atoms with Crippen LogP contribution >= 0.6 is 22.7 Å². The number of nitrogens with one attached hydrogen (secondary N) is 1. The van der Waals surface area contributed by atoms with E-state index in [4.69, 9.17) is 0 Å². The van der Waals surface area contributed by atoms with E-state index in [0.717, 1.165) is 34.0 Å². The van der Waals surface area contributed by atoms with Crippen LogP contribution in [0, 0.1) is 12.8 Å². The maximum atomic E-state index is 12.6. The molecule has 0 aromatic carbocycles.